The standard InChI is InChI=1S/C17H20N2O/c1-3-19(16-9-7-15(18)8-10-16)17(20)12-14-6-4-5-13(2)11-14/h4-11H,3,12,18H2,1-2H3. The molecule has 0 aliphatic rings. The van der Waals surface area contributed by atoms with Crippen LogP contribution in [0.5, 0.6) is 0 Å². The Kier molecular flexibility index (Phi) is 4.41. The van der Waals surface area contributed by atoms with Crippen molar-refractivity contribution in [2.45, 2.75) is 20.3 Å². The van der Waals surface area contributed by atoms with Crippen molar-refractivity contribution in [1.29, 1.82) is 0 Å². The summed E-state index contributed by atoms with van der Waals surface area (Å²) in [5.41, 5.74) is 9.49. The zero-order valence-corrected chi connectivity index (χ0v) is 12.0. The van der Waals surface area contributed by atoms with Crippen molar-refractivity contribution in [3.63, 3.8) is 0 Å². The van der Waals surface area contributed by atoms with Gasteiger partial charge in [-0.3, -0.25) is 4.79 Å². The van der Waals surface area contributed by atoms with Crippen molar-refractivity contribution in [3.8, 4) is 0 Å². The molecule has 0 fully saturated rings. The summed E-state index contributed by atoms with van der Waals surface area (Å²) in [5.74, 6) is 0.0999. The maximum atomic E-state index is 12.4. The molecule has 1 amide bonds. The van der Waals surface area contributed by atoms with E-state index >= 15 is 0 Å². The molecule has 20 heavy (non-hydrogen) atoms. The second-order valence-corrected chi connectivity index (χ2v) is 4.90. The first-order valence-corrected chi connectivity index (χ1v) is 6.81. The molecule has 2 rings (SSSR count). The first kappa shape index (κ1) is 14.1. The summed E-state index contributed by atoms with van der Waals surface area (Å²) in [6.07, 6.45) is 0.417. The summed E-state index contributed by atoms with van der Waals surface area (Å²) in [4.78, 5) is 14.2. The van der Waals surface area contributed by atoms with Gasteiger partial charge < -0.3 is 10.6 Å². The summed E-state index contributed by atoms with van der Waals surface area (Å²) in [5, 5.41) is 0. The van der Waals surface area contributed by atoms with Crippen molar-refractivity contribution in [2.24, 2.45) is 0 Å². The largest absolute Gasteiger partial charge is 0.399 e. The van der Waals surface area contributed by atoms with Crippen molar-refractivity contribution in [2.75, 3.05) is 17.2 Å². The fraction of sp³-hybridized carbons (Fsp3) is 0.235. The molecule has 104 valence electrons. The minimum Gasteiger partial charge on any atom is -0.399 e. The van der Waals surface area contributed by atoms with Gasteiger partial charge in [-0.2, -0.15) is 0 Å². The number of benzene rings is 2. The molecule has 0 radical (unpaired) electrons. The van der Waals surface area contributed by atoms with Gasteiger partial charge in [-0.1, -0.05) is 29.8 Å². The van der Waals surface area contributed by atoms with E-state index in [4.69, 9.17) is 5.73 Å². The Bertz CT molecular complexity index is 590. The second kappa shape index (κ2) is 6.24. The summed E-state index contributed by atoms with van der Waals surface area (Å²) in [6, 6.07) is 15.5. The predicted molar refractivity (Wildman–Crippen MR) is 83.8 cm³/mol. The number of amides is 1. The molecule has 2 aromatic rings. The van der Waals surface area contributed by atoms with Gasteiger partial charge in [0.05, 0.1) is 6.42 Å². The van der Waals surface area contributed by atoms with Crippen LogP contribution in [-0.4, -0.2) is 12.5 Å². The highest BCUT2D eigenvalue weighted by atomic mass is 16.2. The van der Waals surface area contributed by atoms with Crippen LogP contribution >= 0.6 is 0 Å². The quantitative estimate of drug-likeness (QED) is 0.866. The summed E-state index contributed by atoms with van der Waals surface area (Å²) < 4.78 is 0. The molecular weight excluding hydrogens is 248 g/mol. The molecule has 0 aromatic heterocycles. The van der Waals surface area contributed by atoms with E-state index in [0.717, 1.165) is 11.3 Å². The molecule has 0 bridgehead atoms. The number of rotatable bonds is 4. The summed E-state index contributed by atoms with van der Waals surface area (Å²) >= 11 is 0. The van der Waals surface area contributed by atoms with E-state index in [2.05, 4.69) is 6.07 Å². The SMILES string of the molecule is CCN(C(=O)Cc1cccc(C)c1)c1ccc(N)cc1. The molecule has 2 N–H and O–H groups in total. The van der Waals surface area contributed by atoms with Gasteiger partial charge in [-0.15, -0.1) is 0 Å². The van der Waals surface area contributed by atoms with Crippen molar-refractivity contribution in [1.82, 2.24) is 0 Å². The van der Waals surface area contributed by atoms with Gasteiger partial charge in [0.2, 0.25) is 5.91 Å². The first-order chi connectivity index (χ1) is 9.60. The van der Waals surface area contributed by atoms with Gasteiger partial charge in [0.15, 0.2) is 0 Å². The molecule has 0 spiro atoms. The lowest BCUT2D eigenvalue weighted by Gasteiger charge is -2.21. The third-order valence-corrected chi connectivity index (χ3v) is 3.26. The number of hydrogen-bond donors (Lipinski definition) is 1. The fourth-order valence-electron chi connectivity index (χ4n) is 2.25. The number of nitrogens with two attached hydrogens (primary N) is 1. The third kappa shape index (κ3) is 3.38. The highest BCUT2D eigenvalue weighted by Gasteiger charge is 2.14. The monoisotopic (exact) mass is 268 g/mol. The van der Waals surface area contributed by atoms with E-state index in [1.165, 1.54) is 5.56 Å². The second-order valence-electron chi connectivity index (χ2n) is 4.90. The van der Waals surface area contributed by atoms with E-state index < -0.39 is 0 Å². The Morgan fingerprint density at radius 1 is 1.15 bits per heavy atom. The molecule has 0 aliphatic heterocycles. The number of carbonyl (C=O) groups is 1. The van der Waals surface area contributed by atoms with Crippen LogP contribution < -0.4 is 10.6 Å². The number of nitrogens with zero attached hydrogens (tertiary/aromatic N) is 1. The average molecular weight is 268 g/mol. The van der Waals surface area contributed by atoms with Crippen molar-refractivity contribution < 1.29 is 4.79 Å². The van der Waals surface area contributed by atoms with Crippen molar-refractivity contribution in [3.05, 3.63) is 59.7 Å². The number of anilines is 2. The topological polar surface area (TPSA) is 46.3 Å². The van der Waals surface area contributed by atoms with Crippen LogP contribution in [0.25, 0.3) is 0 Å². The predicted octanol–water partition coefficient (Wildman–Crippen LogP) is 3.17. The molecule has 0 atom stereocenters. The Balaban J connectivity index is 2.15. The first-order valence-electron chi connectivity index (χ1n) is 6.81. The fourth-order valence-corrected chi connectivity index (χ4v) is 2.25. The molecule has 0 saturated heterocycles. The maximum absolute atomic E-state index is 12.4. The molecule has 0 saturated carbocycles. The zero-order valence-electron chi connectivity index (χ0n) is 12.0. The van der Waals surface area contributed by atoms with Crippen LogP contribution in [-0.2, 0) is 11.2 Å². The van der Waals surface area contributed by atoms with Gasteiger partial charge >= 0.3 is 0 Å². The number of hydrogen-bond acceptors (Lipinski definition) is 2. The minimum atomic E-state index is 0.0999. The lowest BCUT2D eigenvalue weighted by atomic mass is 10.1. The maximum Gasteiger partial charge on any atom is 0.231 e. The molecule has 3 heteroatoms. The van der Waals surface area contributed by atoms with E-state index in [1.807, 2.05) is 56.3 Å². The number of carbonyl (C=O) groups excluding carboxylic acids is 1. The Labute approximate surface area is 120 Å². The Morgan fingerprint density at radius 3 is 2.45 bits per heavy atom. The van der Waals surface area contributed by atoms with E-state index in [1.54, 1.807) is 4.90 Å². The van der Waals surface area contributed by atoms with Gasteiger partial charge in [0.1, 0.15) is 0 Å². The van der Waals surface area contributed by atoms with Crippen LogP contribution in [0.2, 0.25) is 0 Å². The molecular formula is C17H20N2O. The smallest absolute Gasteiger partial charge is 0.231 e. The van der Waals surface area contributed by atoms with E-state index in [0.29, 0.717) is 18.7 Å². The van der Waals surface area contributed by atoms with Crippen LogP contribution in [0.4, 0.5) is 11.4 Å². The molecule has 0 heterocycles. The molecule has 3 nitrogen and oxygen atoms in total. The van der Waals surface area contributed by atoms with Gasteiger partial charge in [-0.05, 0) is 43.7 Å². The lowest BCUT2D eigenvalue weighted by molar-refractivity contribution is -0.117. The number of likely N-dealkylation sites (N-methyl/N-ethyl adjacent to an activating group) is 1. The Morgan fingerprint density at radius 2 is 1.85 bits per heavy atom. The van der Waals surface area contributed by atoms with E-state index in [-0.39, 0.29) is 5.91 Å². The molecule has 2 aromatic carbocycles. The van der Waals surface area contributed by atoms with Crippen LogP contribution in [0, 0.1) is 6.92 Å². The van der Waals surface area contributed by atoms with Crippen LogP contribution in [0.1, 0.15) is 18.1 Å². The Hall–Kier alpha value is -2.29. The van der Waals surface area contributed by atoms with Crippen LogP contribution in [0.15, 0.2) is 48.5 Å². The third-order valence-electron chi connectivity index (χ3n) is 3.26. The number of nitrogen functional groups attached to an aromatic ring is 1. The molecule has 0 aliphatic carbocycles. The van der Waals surface area contributed by atoms with Gasteiger partial charge in [0.25, 0.3) is 0 Å². The highest BCUT2D eigenvalue weighted by molar-refractivity contribution is 5.94. The van der Waals surface area contributed by atoms with E-state index in [9.17, 15) is 4.79 Å². The molecule has 0 unspecified atom stereocenters. The number of aryl methyl sites for hydroxylation is 1. The lowest BCUT2D eigenvalue weighted by Crippen LogP contribution is -2.31. The summed E-state index contributed by atoms with van der Waals surface area (Å²) in [6.45, 7) is 4.66. The normalized spacial score (nSPS) is 10.3. The van der Waals surface area contributed by atoms with Gasteiger partial charge in [-0.25, -0.2) is 0 Å². The van der Waals surface area contributed by atoms with Gasteiger partial charge in [0, 0.05) is 17.9 Å². The summed E-state index contributed by atoms with van der Waals surface area (Å²) in [7, 11) is 0. The zero-order chi connectivity index (χ0) is 14.5. The van der Waals surface area contributed by atoms with Crippen LogP contribution in [0.3, 0.4) is 0 Å². The highest BCUT2D eigenvalue weighted by Crippen LogP contribution is 2.17. The minimum absolute atomic E-state index is 0.0999. The average Bonchev–Trinajstić information content (AvgIpc) is 2.42. The van der Waals surface area contributed by atoms with Crippen molar-refractivity contribution >= 4 is 17.3 Å².